The van der Waals surface area contributed by atoms with Crippen molar-refractivity contribution in [2.24, 2.45) is 0 Å². The van der Waals surface area contributed by atoms with E-state index in [1.807, 2.05) is 0 Å². The number of ether oxygens (including phenoxy) is 1. The fourth-order valence-electron chi connectivity index (χ4n) is 0.221. The summed E-state index contributed by atoms with van der Waals surface area (Å²) in [5.41, 5.74) is 0. The summed E-state index contributed by atoms with van der Waals surface area (Å²) < 4.78 is 2.71. The second-order valence-electron chi connectivity index (χ2n) is 1.38. The number of hydrogen-bond acceptors (Lipinski definition) is 2. The van der Waals surface area contributed by atoms with Crippen molar-refractivity contribution in [2.75, 3.05) is 11.8 Å². The Labute approximate surface area is 78.3 Å². The average molecular weight is 226 g/mol. The SMILES string of the molecule is O=C(CCl)OC(Cl)(Cl)CCl. The molecule has 0 bridgehead atoms. The molecular weight excluding hydrogens is 222 g/mol. The maximum absolute atomic E-state index is 10.4. The third-order valence-corrected chi connectivity index (χ3v) is 1.82. The van der Waals surface area contributed by atoms with Crippen molar-refractivity contribution < 1.29 is 9.53 Å². The van der Waals surface area contributed by atoms with Crippen molar-refractivity contribution in [3.63, 3.8) is 0 Å². The second kappa shape index (κ2) is 4.50. The molecule has 0 aliphatic rings. The zero-order valence-electron chi connectivity index (χ0n) is 4.74. The van der Waals surface area contributed by atoms with E-state index in [9.17, 15) is 4.79 Å². The molecule has 2 nitrogen and oxygen atoms in total. The Kier molecular flexibility index (Phi) is 4.78. The average Bonchev–Trinajstić information content (AvgIpc) is 1.87. The van der Waals surface area contributed by atoms with Gasteiger partial charge in [0.05, 0.1) is 5.88 Å². The lowest BCUT2D eigenvalue weighted by atomic mass is 10.7. The molecule has 0 radical (unpaired) electrons. The lowest BCUT2D eigenvalue weighted by Gasteiger charge is -2.15. The topological polar surface area (TPSA) is 26.3 Å². The fraction of sp³-hybridized carbons (Fsp3) is 0.750. The van der Waals surface area contributed by atoms with Crippen molar-refractivity contribution in [2.45, 2.75) is 4.52 Å². The predicted molar refractivity (Wildman–Crippen MR) is 42.0 cm³/mol. The first kappa shape index (κ1) is 10.6. The molecule has 0 saturated heterocycles. The summed E-state index contributed by atoms with van der Waals surface area (Å²) in [6, 6.07) is 0. The summed E-state index contributed by atoms with van der Waals surface area (Å²) in [6.45, 7) is 0. The summed E-state index contributed by atoms with van der Waals surface area (Å²) in [4.78, 5) is 10.4. The monoisotopic (exact) mass is 224 g/mol. The van der Waals surface area contributed by atoms with Gasteiger partial charge < -0.3 is 4.74 Å². The van der Waals surface area contributed by atoms with Crippen LogP contribution in [0.3, 0.4) is 0 Å². The maximum Gasteiger partial charge on any atom is 0.323 e. The van der Waals surface area contributed by atoms with Crippen LogP contribution in [0, 0.1) is 0 Å². The Morgan fingerprint density at radius 3 is 2.20 bits per heavy atom. The summed E-state index contributed by atoms with van der Waals surface area (Å²) in [7, 11) is 0. The van der Waals surface area contributed by atoms with Gasteiger partial charge in [-0.25, -0.2) is 0 Å². The summed E-state index contributed by atoms with van der Waals surface area (Å²) in [5.74, 6) is -1.19. The number of halogens is 4. The lowest BCUT2D eigenvalue weighted by Crippen LogP contribution is -2.24. The summed E-state index contributed by atoms with van der Waals surface area (Å²) >= 11 is 20.9. The van der Waals surface area contributed by atoms with Crippen LogP contribution in [0.2, 0.25) is 0 Å². The summed E-state index contributed by atoms with van der Waals surface area (Å²) in [6.07, 6.45) is 0. The largest absolute Gasteiger partial charge is 0.427 e. The van der Waals surface area contributed by atoms with Crippen LogP contribution in [-0.4, -0.2) is 22.2 Å². The van der Waals surface area contributed by atoms with E-state index in [4.69, 9.17) is 46.4 Å². The molecule has 0 unspecified atom stereocenters. The smallest absolute Gasteiger partial charge is 0.323 e. The van der Waals surface area contributed by atoms with E-state index >= 15 is 0 Å². The van der Waals surface area contributed by atoms with Gasteiger partial charge in [0.1, 0.15) is 5.88 Å². The molecule has 0 rings (SSSR count). The number of esters is 1. The number of hydrogen-bond donors (Lipinski definition) is 0. The van der Waals surface area contributed by atoms with Gasteiger partial charge in [0.25, 0.3) is 4.52 Å². The fourth-order valence-corrected chi connectivity index (χ4v) is 0.502. The molecule has 0 saturated carbocycles. The molecule has 0 spiro atoms. The lowest BCUT2D eigenvalue weighted by molar-refractivity contribution is -0.143. The zero-order chi connectivity index (χ0) is 8.20. The Bertz CT molecular complexity index is 124. The highest BCUT2D eigenvalue weighted by Crippen LogP contribution is 2.24. The number of rotatable bonds is 3. The van der Waals surface area contributed by atoms with E-state index in [0.29, 0.717) is 0 Å². The van der Waals surface area contributed by atoms with E-state index in [1.165, 1.54) is 0 Å². The van der Waals surface area contributed by atoms with Gasteiger partial charge in [-0.05, 0) is 0 Å². The van der Waals surface area contributed by atoms with Crippen LogP contribution in [0.4, 0.5) is 0 Å². The van der Waals surface area contributed by atoms with Gasteiger partial charge in [-0.3, -0.25) is 4.79 Å². The molecule has 0 fully saturated rings. The number of alkyl halides is 4. The molecule has 0 aliphatic heterocycles. The highest BCUT2D eigenvalue weighted by Gasteiger charge is 2.26. The highest BCUT2D eigenvalue weighted by atomic mass is 35.5. The minimum Gasteiger partial charge on any atom is -0.427 e. The van der Waals surface area contributed by atoms with Gasteiger partial charge in [-0.1, -0.05) is 23.2 Å². The van der Waals surface area contributed by atoms with Crippen LogP contribution in [0.1, 0.15) is 0 Å². The van der Waals surface area contributed by atoms with Crippen molar-refractivity contribution in [1.82, 2.24) is 0 Å². The third kappa shape index (κ3) is 4.45. The van der Waals surface area contributed by atoms with Crippen molar-refractivity contribution in [1.29, 1.82) is 0 Å². The minimum atomic E-state index is -1.66. The second-order valence-corrected chi connectivity index (χ2v) is 3.33. The molecule has 0 aromatic rings. The molecule has 10 heavy (non-hydrogen) atoms. The molecule has 0 aromatic heterocycles. The molecule has 60 valence electrons. The van der Waals surface area contributed by atoms with Crippen LogP contribution in [-0.2, 0) is 9.53 Å². The molecule has 0 amide bonds. The van der Waals surface area contributed by atoms with Crippen LogP contribution in [0.25, 0.3) is 0 Å². The highest BCUT2D eigenvalue weighted by molar-refractivity contribution is 6.50. The third-order valence-electron chi connectivity index (χ3n) is 0.528. The van der Waals surface area contributed by atoms with Crippen LogP contribution < -0.4 is 0 Å². The van der Waals surface area contributed by atoms with Gasteiger partial charge in [-0.15, -0.1) is 23.2 Å². The van der Waals surface area contributed by atoms with Crippen LogP contribution in [0.15, 0.2) is 0 Å². The Morgan fingerprint density at radius 1 is 1.40 bits per heavy atom. The summed E-state index contributed by atoms with van der Waals surface area (Å²) in [5, 5.41) is 0. The van der Waals surface area contributed by atoms with Gasteiger partial charge >= 0.3 is 5.97 Å². The van der Waals surface area contributed by atoms with E-state index in [2.05, 4.69) is 4.74 Å². The minimum absolute atomic E-state index is 0.196. The van der Waals surface area contributed by atoms with Gasteiger partial charge in [-0.2, -0.15) is 0 Å². The zero-order valence-corrected chi connectivity index (χ0v) is 7.77. The normalized spacial score (nSPS) is 11.2. The Morgan fingerprint density at radius 2 is 1.90 bits per heavy atom. The Balaban J connectivity index is 3.76. The van der Waals surface area contributed by atoms with Crippen LogP contribution in [0.5, 0.6) is 0 Å². The first-order valence-electron chi connectivity index (χ1n) is 2.23. The van der Waals surface area contributed by atoms with Crippen molar-refractivity contribution >= 4 is 52.4 Å². The predicted octanol–water partition coefficient (Wildman–Crippen LogP) is 2.14. The van der Waals surface area contributed by atoms with Crippen molar-refractivity contribution in [3.05, 3.63) is 0 Å². The molecule has 0 atom stereocenters. The quantitative estimate of drug-likeness (QED) is 0.544. The standard InChI is InChI=1S/C4H4Cl4O2/c5-1-3(9)10-4(7,8)2-6/h1-2H2. The molecule has 0 aliphatic carbocycles. The van der Waals surface area contributed by atoms with E-state index in [0.717, 1.165) is 0 Å². The first-order chi connectivity index (χ1) is 4.52. The molecule has 0 aromatic carbocycles. The van der Waals surface area contributed by atoms with Gasteiger partial charge in [0, 0.05) is 0 Å². The molecule has 6 heteroatoms. The number of carbonyl (C=O) groups is 1. The van der Waals surface area contributed by atoms with E-state index in [1.54, 1.807) is 0 Å². The first-order valence-corrected chi connectivity index (χ1v) is 4.06. The van der Waals surface area contributed by atoms with Gasteiger partial charge in [0.15, 0.2) is 0 Å². The van der Waals surface area contributed by atoms with Crippen molar-refractivity contribution in [3.8, 4) is 0 Å². The van der Waals surface area contributed by atoms with E-state index in [-0.39, 0.29) is 11.8 Å². The maximum atomic E-state index is 10.4. The Hall–Kier alpha value is 0.630. The van der Waals surface area contributed by atoms with Crippen LogP contribution >= 0.6 is 46.4 Å². The number of carbonyl (C=O) groups excluding carboxylic acids is 1. The van der Waals surface area contributed by atoms with E-state index < -0.39 is 10.5 Å². The molecule has 0 N–H and O–H groups in total. The molecule has 0 heterocycles. The molecular formula is C4H4Cl4O2. The van der Waals surface area contributed by atoms with Gasteiger partial charge in [0.2, 0.25) is 0 Å².